The normalized spacial score (nSPS) is 24.6. The minimum absolute atomic E-state index is 0.136. The molecule has 2 rings (SSSR count). The summed E-state index contributed by atoms with van der Waals surface area (Å²) >= 11 is 0. The van der Waals surface area contributed by atoms with Crippen molar-refractivity contribution in [1.29, 1.82) is 0 Å². The lowest BCUT2D eigenvalue weighted by Crippen LogP contribution is -2.32. The Morgan fingerprint density at radius 1 is 1.43 bits per heavy atom. The Balaban J connectivity index is 1.92. The van der Waals surface area contributed by atoms with Crippen LogP contribution in [0.2, 0.25) is 0 Å². The minimum atomic E-state index is -0.194. The van der Waals surface area contributed by atoms with Crippen LogP contribution in [0.4, 0.5) is 4.79 Å². The van der Waals surface area contributed by atoms with Crippen molar-refractivity contribution in [1.82, 2.24) is 4.90 Å². The molecule has 1 saturated carbocycles. The van der Waals surface area contributed by atoms with Gasteiger partial charge in [0.1, 0.15) is 5.60 Å². The van der Waals surface area contributed by atoms with Gasteiger partial charge in [-0.25, -0.2) is 4.79 Å². The molecule has 80 valence electrons. The van der Waals surface area contributed by atoms with Crippen molar-refractivity contribution in [3.8, 4) is 0 Å². The second-order valence-electron chi connectivity index (χ2n) is 4.26. The van der Waals surface area contributed by atoms with Gasteiger partial charge in [-0.2, -0.15) is 0 Å². The van der Waals surface area contributed by atoms with Crippen LogP contribution in [0.1, 0.15) is 32.1 Å². The Bertz CT molecular complexity index is 223. The molecule has 1 aliphatic heterocycles. The number of rotatable bonds is 3. The number of hydrogen-bond acceptors (Lipinski definition) is 3. The average molecular weight is 199 g/mol. The van der Waals surface area contributed by atoms with Crippen LogP contribution in [0.5, 0.6) is 0 Å². The van der Waals surface area contributed by atoms with E-state index in [9.17, 15) is 4.79 Å². The van der Waals surface area contributed by atoms with Crippen molar-refractivity contribution in [2.24, 2.45) is 0 Å². The first-order valence-corrected chi connectivity index (χ1v) is 5.35. The van der Waals surface area contributed by atoms with E-state index in [0.29, 0.717) is 13.0 Å². The summed E-state index contributed by atoms with van der Waals surface area (Å²) in [5.41, 5.74) is -0.174. The second kappa shape index (κ2) is 3.77. The first-order valence-electron chi connectivity index (χ1n) is 5.35. The number of aliphatic hydroxyl groups is 1. The highest BCUT2D eigenvalue weighted by Gasteiger charge is 2.46. The molecular formula is C10H17NO3. The summed E-state index contributed by atoms with van der Waals surface area (Å²) in [6, 6.07) is 0. The SMILES string of the molecule is O=C1OC2(CCCC2)CN1CCCO. The van der Waals surface area contributed by atoms with E-state index in [1.807, 2.05) is 0 Å². The molecular weight excluding hydrogens is 182 g/mol. The molecule has 1 amide bonds. The third kappa shape index (κ3) is 1.71. The van der Waals surface area contributed by atoms with E-state index in [-0.39, 0.29) is 18.3 Å². The Kier molecular flexibility index (Phi) is 2.63. The van der Waals surface area contributed by atoms with Crippen LogP contribution in [0.3, 0.4) is 0 Å². The molecule has 0 atom stereocenters. The molecule has 0 bridgehead atoms. The van der Waals surface area contributed by atoms with Crippen LogP contribution in [0, 0.1) is 0 Å². The maximum absolute atomic E-state index is 11.5. The lowest BCUT2D eigenvalue weighted by molar-refractivity contribution is 0.0627. The van der Waals surface area contributed by atoms with E-state index in [1.165, 1.54) is 12.8 Å². The number of hydrogen-bond donors (Lipinski definition) is 1. The molecule has 4 heteroatoms. The third-order valence-corrected chi connectivity index (χ3v) is 3.14. The lowest BCUT2D eigenvalue weighted by Gasteiger charge is -2.19. The molecule has 2 fully saturated rings. The number of ether oxygens (including phenoxy) is 1. The van der Waals surface area contributed by atoms with Gasteiger partial charge < -0.3 is 14.7 Å². The monoisotopic (exact) mass is 199 g/mol. The number of carbonyl (C=O) groups is 1. The molecule has 0 aromatic heterocycles. The Hall–Kier alpha value is -0.770. The molecule has 1 N–H and O–H groups in total. The molecule has 2 aliphatic rings. The molecule has 0 unspecified atom stereocenters. The Morgan fingerprint density at radius 2 is 2.14 bits per heavy atom. The molecule has 0 radical (unpaired) electrons. The van der Waals surface area contributed by atoms with Crippen molar-refractivity contribution in [3.63, 3.8) is 0 Å². The maximum Gasteiger partial charge on any atom is 0.410 e. The van der Waals surface area contributed by atoms with Gasteiger partial charge in [-0.1, -0.05) is 0 Å². The summed E-state index contributed by atoms with van der Waals surface area (Å²) in [5.74, 6) is 0. The molecule has 1 aliphatic carbocycles. The van der Waals surface area contributed by atoms with E-state index in [1.54, 1.807) is 4.90 Å². The maximum atomic E-state index is 11.5. The van der Waals surface area contributed by atoms with Crippen LogP contribution in [0.25, 0.3) is 0 Å². The van der Waals surface area contributed by atoms with Gasteiger partial charge in [0.2, 0.25) is 0 Å². The largest absolute Gasteiger partial charge is 0.441 e. The van der Waals surface area contributed by atoms with Gasteiger partial charge in [0.15, 0.2) is 0 Å². The first kappa shape index (κ1) is 9.77. The molecule has 4 nitrogen and oxygen atoms in total. The van der Waals surface area contributed by atoms with E-state index >= 15 is 0 Å². The van der Waals surface area contributed by atoms with Gasteiger partial charge in [0, 0.05) is 13.2 Å². The smallest absolute Gasteiger partial charge is 0.410 e. The lowest BCUT2D eigenvalue weighted by atomic mass is 10.0. The van der Waals surface area contributed by atoms with Gasteiger partial charge in [-0.15, -0.1) is 0 Å². The van der Waals surface area contributed by atoms with Crippen LogP contribution in [-0.4, -0.2) is 41.4 Å². The standard InChI is InChI=1S/C10H17NO3/c12-7-3-6-11-8-10(14-9(11)13)4-1-2-5-10/h12H,1-8H2. The topological polar surface area (TPSA) is 49.8 Å². The van der Waals surface area contributed by atoms with Crippen molar-refractivity contribution in [2.75, 3.05) is 19.7 Å². The minimum Gasteiger partial charge on any atom is -0.441 e. The summed E-state index contributed by atoms with van der Waals surface area (Å²) in [6.07, 6.45) is 4.80. The fourth-order valence-corrected chi connectivity index (χ4v) is 2.41. The predicted molar refractivity (Wildman–Crippen MR) is 51.0 cm³/mol. The molecule has 14 heavy (non-hydrogen) atoms. The zero-order valence-electron chi connectivity index (χ0n) is 8.37. The van der Waals surface area contributed by atoms with Crippen LogP contribution < -0.4 is 0 Å². The van der Waals surface area contributed by atoms with Gasteiger partial charge in [-0.3, -0.25) is 0 Å². The summed E-state index contributed by atoms with van der Waals surface area (Å²) < 4.78 is 5.42. The summed E-state index contributed by atoms with van der Waals surface area (Å²) in [7, 11) is 0. The highest BCUT2D eigenvalue weighted by atomic mass is 16.6. The van der Waals surface area contributed by atoms with Gasteiger partial charge in [-0.05, 0) is 32.1 Å². The fourth-order valence-electron chi connectivity index (χ4n) is 2.41. The molecule has 0 aromatic carbocycles. The quantitative estimate of drug-likeness (QED) is 0.741. The molecule has 1 spiro atoms. The predicted octanol–water partition coefficient (Wildman–Crippen LogP) is 1.13. The summed E-state index contributed by atoms with van der Waals surface area (Å²) in [4.78, 5) is 13.2. The average Bonchev–Trinajstić information content (AvgIpc) is 2.72. The molecule has 0 aromatic rings. The number of amides is 1. The van der Waals surface area contributed by atoms with Crippen molar-refractivity contribution in [2.45, 2.75) is 37.7 Å². The van der Waals surface area contributed by atoms with Crippen molar-refractivity contribution >= 4 is 6.09 Å². The van der Waals surface area contributed by atoms with E-state index in [0.717, 1.165) is 19.4 Å². The van der Waals surface area contributed by atoms with Crippen LogP contribution in [-0.2, 0) is 4.74 Å². The zero-order valence-corrected chi connectivity index (χ0v) is 8.37. The van der Waals surface area contributed by atoms with E-state index in [2.05, 4.69) is 0 Å². The summed E-state index contributed by atoms with van der Waals surface area (Å²) in [5, 5.41) is 8.69. The number of carbonyl (C=O) groups excluding carboxylic acids is 1. The first-order chi connectivity index (χ1) is 6.76. The van der Waals surface area contributed by atoms with Gasteiger partial charge >= 0.3 is 6.09 Å². The summed E-state index contributed by atoms with van der Waals surface area (Å²) in [6.45, 7) is 1.49. The molecule has 1 heterocycles. The fraction of sp³-hybridized carbons (Fsp3) is 0.900. The number of nitrogens with zero attached hydrogens (tertiary/aromatic N) is 1. The second-order valence-corrected chi connectivity index (χ2v) is 4.26. The van der Waals surface area contributed by atoms with Crippen LogP contribution in [0.15, 0.2) is 0 Å². The van der Waals surface area contributed by atoms with Crippen molar-refractivity contribution < 1.29 is 14.6 Å². The van der Waals surface area contributed by atoms with Gasteiger partial charge in [0.25, 0.3) is 0 Å². The zero-order chi connectivity index (χ0) is 10.0. The van der Waals surface area contributed by atoms with Gasteiger partial charge in [0.05, 0.1) is 6.54 Å². The van der Waals surface area contributed by atoms with E-state index in [4.69, 9.17) is 9.84 Å². The Labute approximate surface area is 83.8 Å². The van der Waals surface area contributed by atoms with E-state index < -0.39 is 0 Å². The highest BCUT2D eigenvalue weighted by molar-refractivity contribution is 5.70. The molecule has 1 saturated heterocycles. The van der Waals surface area contributed by atoms with Crippen molar-refractivity contribution in [3.05, 3.63) is 0 Å². The highest BCUT2D eigenvalue weighted by Crippen LogP contribution is 2.38. The third-order valence-electron chi connectivity index (χ3n) is 3.14. The Morgan fingerprint density at radius 3 is 2.79 bits per heavy atom. The van der Waals surface area contributed by atoms with Crippen LogP contribution >= 0.6 is 0 Å². The number of aliphatic hydroxyl groups excluding tert-OH is 1.